The standard InChI is InChI=1S/C14H19ClN2O.ClH/c15-13-2-1-3-14(6-13)18-5-4-17-9-11-7-16-8-12(11)10-17;/h1-3,6,11-12,16H,4-5,7-10H2;1H/t11-,12+;. The fourth-order valence-electron chi connectivity index (χ4n) is 2.98. The van der Waals surface area contributed by atoms with Crippen molar-refractivity contribution in [3.05, 3.63) is 29.3 Å². The minimum Gasteiger partial charge on any atom is -0.492 e. The van der Waals surface area contributed by atoms with Crippen molar-refractivity contribution in [2.45, 2.75) is 0 Å². The number of ether oxygens (including phenoxy) is 1. The highest BCUT2D eigenvalue weighted by Crippen LogP contribution is 2.26. The number of fused-ring (bicyclic) bond motifs is 1. The van der Waals surface area contributed by atoms with Crippen LogP contribution in [-0.2, 0) is 0 Å². The predicted octanol–water partition coefficient (Wildman–Crippen LogP) is 2.29. The highest BCUT2D eigenvalue weighted by molar-refractivity contribution is 6.30. The summed E-state index contributed by atoms with van der Waals surface area (Å²) in [5.74, 6) is 2.58. The summed E-state index contributed by atoms with van der Waals surface area (Å²) >= 11 is 5.92. The van der Waals surface area contributed by atoms with Gasteiger partial charge in [-0.1, -0.05) is 17.7 Å². The summed E-state index contributed by atoms with van der Waals surface area (Å²) in [5, 5.41) is 4.19. The summed E-state index contributed by atoms with van der Waals surface area (Å²) in [7, 11) is 0. The maximum absolute atomic E-state index is 5.92. The molecule has 3 rings (SSSR count). The summed E-state index contributed by atoms with van der Waals surface area (Å²) in [6, 6.07) is 7.60. The van der Waals surface area contributed by atoms with Crippen molar-refractivity contribution in [1.82, 2.24) is 10.2 Å². The van der Waals surface area contributed by atoms with Crippen LogP contribution in [0.1, 0.15) is 0 Å². The van der Waals surface area contributed by atoms with Crippen LogP contribution in [0.5, 0.6) is 5.75 Å². The Morgan fingerprint density at radius 1 is 1.26 bits per heavy atom. The van der Waals surface area contributed by atoms with E-state index in [0.717, 1.165) is 35.8 Å². The predicted molar refractivity (Wildman–Crippen MR) is 80.5 cm³/mol. The molecular formula is C14H20Cl2N2O. The smallest absolute Gasteiger partial charge is 0.120 e. The third-order valence-electron chi connectivity index (χ3n) is 3.94. The summed E-state index contributed by atoms with van der Waals surface area (Å²) in [6.45, 7) is 6.58. The molecular weight excluding hydrogens is 283 g/mol. The molecule has 2 aliphatic heterocycles. The van der Waals surface area contributed by atoms with Crippen LogP contribution >= 0.6 is 24.0 Å². The van der Waals surface area contributed by atoms with Gasteiger partial charge in [0.2, 0.25) is 0 Å². The quantitative estimate of drug-likeness (QED) is 0.923. The zero-order valence-electron chi connectivity index (χ0n) is 10.8. The van der Waals surface area contributed by atoms with E-state index in [1.807, 2.05) is 24.3 Å². The first-order valence-corrected chi connectivity index (χ1v) is 7.00. The van der Waals surface area contributed by atoms with E-state index in [0.29, 0.717) is 0 Å². The highest BCUT2D eigenvalue weighted by atomic mass is 35.5. The zero-order chi connectivity index (χ0) is 12.4. The Labute approximate surface area is 125 Å². The summed E-state index contributed by atoms with van der Waals surface area (Å²) in [6.07, 6.45) is 0. The van der Waals surface area contributed by atoms with Gasteiger partial charge in [-0.2, -0.15) is 0 Å². The molecule has 2 saturated heterocycles. The van der Waals surface area contributed by atoms with E-state index in [1.165, 1.54) is 26.2 Å². The molecule has 19 heavy (non-hydrogen) atoms. The van der Waals surface area contributed by atoms with E-state index in [-0.39, 0.29) is 12.4 Å². The molecule has 0 amide bonds. The van der Waals surface area contributed by atoms with E-state index in [1.54, 1.807) is 0 Å². The number of nitrogens with zero attached hydrogens (tertiary/aromatic N) is 1. The third kappa shape index (κ3) is 3.76. The molecule has 1 aromatic rings. The molecule has 2 fully saturated rings. The second-order valence-electron chi connectivity index (χ2n) is 5.24. The van der Waals surface area contributed by atoms with Crippen LogP contribution in [0.2, 0.25) is 5.02 Å². The molecule has 2 atom stereocenters. The number of halogens is 2. The number of hydrogen-bond donors (Lipinski definition) is 1. The van der Waals surface area contributed by atoms with Crippen LogP contribution in [0.3, 0.4) is 0 Å². The van der Waals surface area contributed by atoms with Crippen LogP contribution in [0.15, 0.2) is 24.3 Å². The monoisotopic (exact) mass is 302 g/mol. The van der Waals surface area contributed by atoms with Gasteiger partial charge in [0.15, 0.2) is 0 Å². The molecule has 0 unspecified atom stereocenters. The Morgan fingerprint density at radius 3 is 2.68 bits per heavy atom. The van der Waals surface area contributed by atoms with Gasteiger partial charge in [-0.25, -0.2) is 0 Å². The fourth-order valence-corrected chi connectivity index (χ4v) is 3.16. The first kappa shape index (κ1) is 14.9. The minimum atomic E-state index is 0. The molecule has 0 bridgehead atoms. The maximum atomic E-state index is 5.92. The Hall–Kier alpha value is -0.480. The van der Waals surface area contributed by atoms with Gasteiger partial charge in [0.1, 0.15) is 12.4 Å². The van der Waals surface area contributed by atoms with Crippen LogP contribution in [0.25, 0.3) is 0 Å². The largest absolute Gasteiger partial charge is 0.492 e. The average molecular weight is 303 g/mol. The molecule has 1 N–H and O–H groups in total. The van der Waals surface area contributed by atoms with Gasteiger partial charge in [0, 0.05) is 24.7 Å². The normalized spacial score (nSPS) is 25.9. The van der Waals surface area contributed by atoms with Gasteiger partial charge in [-0.3, -0.25) is 4.90 Å². The lowest BCUT2D eigenvalue weighted by molar-refractivity contribution is 0.228. The Morgan fingerprint density at radius 2 is 2.00 bits per heavy atom. The summed E-state index contributed by atoms with van der Waals surface area (Å²) < 4.78 is 5.73. The van der Waals surface area contributed by atoms with Gasteiger partial charge < -0.3 is 10.1 Å². The molecule has 0 aromatic heterocycles. The van der Waals surface area contributed by atoms with E-state index in [9.17, 15) is 0 Å². The van der Waals surface area contributed by atoms with Gasteiger partial charge in [-0.05, 0) is 43.1 Å². The number of rotatable bonds is 4. The lowest BCUT2D eigenvalue weighted by Gasteiger charge is -2.17. The second kappa shape index (κ2) is 6.80. The molecule has 106 valence electrons. The van der Waals surface area contributed by atoms with Crippen molar-refractivity contribution in [2.24, 2.45) is 11.8 Å². The number of hydrogen-bond acceptors (Lipinski definition) is 3. The lowest BCUT2D eigenvalue weighted by atomic mass is 10.0. The van der Waals surface area contributed by atoms with Crippen molar-refractivity contribution < 1.29 is 4.74 Å². The van der Waals surface area contributed by atoms with Crippen LogP contribution in [0, 0.1) is 11.8 Å². The molecule has 3 nitrogen and oxygen atoms in total. The second-order valence-corrected chi connectivity index (χ2v) is 5.68. The van der Waals surface area contributed by atoms with Gasteiger partial charge in [-0.15, -0.1) is 12.4 Å². The number of likely N-dealkylation sites (tertiary alicyclic amines) is 1. The van der Waals surface area contributed by atoms with E-state index in [4.69, 9.17) is 16.3 Å². The topological polar surface area (TPSA) is 24.5 Å². The SMILES string of the molecule is Cl.Clc1cccc(OCCN2C[C@H]3CNC[C@H]3C2)c1. The Bertz CT molecular complexity index is 404. The molecule has 0 spiro atoms. The lowest BCUT2D eigenvalue weighted by Crippen LogP contribution is -2.29. The number of nitrogens with one attached hydrogen (secondary N) is 1. The fraction of sp³-hybridized carbons (Fsp3) is 0.571. The Balaban J connectivity index is 0.00000133. The average Bonchev–Trinajstić information content (AvgIpc) is 2.89. The van der Waals surface area contributed by atoms with Crippen LogP contribution in [-0.4, -0.2) is 44.2 Å². The highest BCUT2D eigenvalue weighted by Gasteiger charge is 2.35. The van der Waals surface area contributed by atoms with Crippen molar-refractivity contribution in [3.8, 4) is 5.75 Å². The molecule has 2 aliphatic rings. The van der Waals surface area contributed by atoms with Crippen LogP contribution < -0.4 is 10.1 Å². The van der Waals surface area contributed by atoms with Gasteiger partial charge in [0.05, 0.1) is 0 Å². The van der Waals surface area contributed by atoms with Crippen molar-refractivity contribution in [2.75, 3.05) is 39.3 Å². The Kier molecular flexibility index (Phi) is 5.34. The molecule has 5 heteroatoms. The molecule has 1 aromatic carbocycles. The van der Waals surface area contributed by atoms with Crippen LogP contribution in [0.4, 0.5) is 0 Å². The van der Waals surface area contributed by atoms with E-state index < -0.39 is 0 Å². The van der Waals surface area contributed by atoms with Crippen molar-refractivity contribution >= 4 is 24.0 Å². The van der Waals surface area contributed by atoms with Gasteiger partial charge >= 0.3 is 0 Å². The van der Waals surface area contributed by atoms with E-state index >= 15 is 0 Å². The number of benzene rings is 1. The van der Waals surface area contributed by atoms with E-state index in [2.05, 4.69) is 10.2 Å². The maximum Gasteiger partial charge on any atom is 0.120 e. The third-order valence-corrected chi connectivity index (χ3v) is 4.17. The molecule has 2 heterocycles. The molecule has 0 radical (unpaired) electrons. The first-order chi connectivity index (χ1) is 8.81. The van der Waals surface area contributed by atoms with Crippen molar-refractivity contribution in [1.29, 1.82) is 0 Å². The van der Waals surface area contributed by atoms with Gasteiger partial charge in [0.25, 0.3) is 0 Å². The van der Waals surface area contributed by atoms with Crippen molar-refractivity contribution in [3.63, 3.8) is 0 Å². The summed E-state index contributed by atoms with van der Waals surface area (Å²) in [5.41, 5.74) is 0. The molecule has 0 saturated carbocycles. The first-order valence-electron chi connectivity index (χ1n) is 6.63. The zero-order valence-corrected chi connectivity index (χ0v) is 12.4. The molecule has 0 aliphatic carbocycles. The minimum absolute atomic E-state index is 0. The summed E-state index contributed by atoms with van der Waals surface area (Å²) in [4.78, 5) is 2.51.